The fraction of sp³-hybridized carbons (Fsp3) is 0.627. The van der Waals surface area contributed by atoms with E-state index in [-0.39, 0.29) is 31.8 Å². The minimum Gasteiger partial charge on any atom is -0.481 e. The number of allylic oxidation sites excluding steroid dienone is 12. The summed E-state index contributed by atoms with van der Waals surface area (Å²) in [5.74, 6) is -7.03. The Morgan fingerprint density at radius 3 is 1.90 bits per heavy atom. The summed E-state index contributed by atoms with van der Waals surface area (Å²) in [4.78, 5) is 37.7. The molecule has 400 valence electrons. The molecule has 0 aromatic heterocycles. The molecule has 0 radical (unpaired) electrons. The van der Waals surface area contributed by atoms with E-state index in [1.165, 1.54) is 25.2 Å². The zero-order valence-corrected chi connectivity index (χ0v) is 40.8. The van der Waals surface area contributed by atoms with Crippen molar-refractivity contribution in [3.8, 4) is 0 Å². The number of amides is 1. The largest absolute Gasteiger partial charge is 0.481 e. The van der Waals surface area contributed by atoms with Crippen molar-refractivity contribution in [1.29, 1.82) is 0 Å². The molecule has 0 saturated carbocycles. The van der Waals surface area contributed by atoms with Gasteiger partial charge in [-0.1, -0.05) is 112 Å². The molecule has 12 N–H and O–H groups in total. The highest BCUT2D eigenvalue weighted by molar-refractivity contribution is 5.72. The van der Waals surface area contributed by atoms with E-state index >= 15 is 0 Å². The van der Waals surface area contributed by atoms with Crippen LogP contribution in [0.3, 0.4) is 0 Å². The second kappa shape index (κ2) is 30.6. The molecular weight excluding hydrogens is 931 g/mol. The first-order chi connectivity index (χ1) is 33.5. The Hall–Kier alpha value is -4.39. The van der Waals surface area contributed by atoms with Gasteiger partial charge >= 0.3 is 18.0 Å². The fourth-order valence-electron chi connectivity index (χ4n) is 8.42. The highest BCUT2D eigenvalue weighted by Gasteiger charge is 2.51. The van der Waals surface area contributed by atoms with Crippen LogP contribution in [0.5, 0.6) is 0 Å². The minimum atomic E-state index is -2.38. The number of aliphatic carboxylic acids is 1. The number of hydrogen-bond acceptors (Lipinski definition) is 18. The molecule has 3 aliphatic heterocycles. The van der Waals surface area contributed by atoms with Gasteiger partial charge in [-0.15, -0.1) is 0 Å². The molecule has 19 unspecified atom stereocenters. The number of cyclic esters (lactones) is 1. The van der Waals surface area contributed by atoms with Gasteiger partial charge in [0.2, 0.25) is 0 Å². The number of carboxylic acid groups (broad SMARTS) is 1. The average molecular weight is 1010 g/mol. The molecule has 2 saturated heterocycles. The van der Waals surface area contributed by atoms with E-state index in [2.05, 4.69) is 11.9 Å². The van der Waals surface area contributed by atoms with E-state index in [0.29, 0.717) is 0 Å². The van der Waals surface area contributed by atoms with Crippen molar-refractivity contribution < 1.29 is 94.2 Å². The molecule has 3 rings (SSSR count). The third kappa shape index (κ3) is 20.9. The van der Waals surface area contributed by atoms with Crippen LogP contribution in [-0.4, -0.2) is 178 Å². The number of esters is 1. The van der Waals surface area contributed by atoms with Crippen LogP contribution >= 0.6 is 0 Å². The lowest BCUT2D eigenvalue weighted by Gasteiger charge is -2.45. The number of carbonyl (C=O) groups is 3. The van der Waals surface area contributed by atoms with E-state index in [0.717, 1.165) is 0 Å². The van der Waals surface area contributed by atoms with Crippen LogP contribution in [0.1, 0.15) is 79.1 Å². The molecule has 2 fully saturated rings. The van der Waals surface area contributed by atoms with E-state index in [9.17, 15) is 70.6 Å². The number of fused-ring (bicyclic) bond motifs is 2. The SMILES string of the molecule is C=CCOC(=O)NC1C(O)C(C)OC(OC2/C=C/C=C/C=C/C=C/C=C/C=C/C=C/C(C)C(O)C(C)C(C)OC(=O)CC(O)CC(O)CCC(O)C(O)CC(O)CC3(O)CC(O)C(C(=O)O)C(C2)O3)C1O. The summed E-state index contributed by atoms with van der Waals surface area (Å²) in [6.45, 7) is 9.97. The molecule has 20 nitrogen and oxygen atoms in total. The van der Waals surface area contributed by atoms with Crippen molar-refractivity contribution in [1.82, 2.24) is 5.32 Å². The van der Waals surface area contributed by atoms with Crippen LogP contribution in [0.15, 0.2) is 97.7 Å². The molecule has 3 heterocycles. The van der Waals surface area contributed by atoms with Gasteiger partial charge in [-0.2, -0.15) is 0 Å². The Morgan fingerprint density at radius 2 is 1.31 bits per heavy atom. The maximum atomic E-state index is 12.7. The summed E-state index contributed by atoms with van der Waals surface area (Å²) in [6.07, 6.45) is 2.06. The molecule has 0 aliphatic carbocycles. The van der Waals surface area contributed by atoms with Gasteiger partial charge in [-0.05, 0) is 33.1 Å². The van der Waals surface area contributed by atoms with E-state index < -0.39 is 159 Å². The summed E-state index contributed by atoms with van der Waals surface area (Å²) in [6, 6.07) is -1.36. The lowest BCUT2D eigenvalue weighted by Crippen LogP contribution is -2.64. The number of aliphatic hydroxyl groups is 10. The molecule has 2 bridgehead atoms. The molecule has 71 heavy (non-hydrogen) atoms. The number of carbonyl (C=O) groups excluding carboxylic acids is 2. The van der Waals surface area contributed by atoms with Crippen LogP contribution in [0.25, 0.3) is 0 Å². The van der Waals surface area contributed by atoms with Crippen LogP contribution < -0.4 is 5.32 Å². The number of alkyl carbamates (subject to hydrolysis) is 1. The number of rotatable bonds is 6. The van der Waals surface area contributed by atoms with Crippen molar-refractivity contribution >= 4 is 18.0 Å². The Labute approximate surface area is 415 Å². The minimum absolute atomic E-state index is 0.127. The number of ether oxygens (including phenoxy) is 5. The van der Waals surface area contributed by atoms with Gasteiger partial charge < -0.3 is 85.2 Å². The van der Waals surface area contributed by atoms with Crippen molar-refractivity contribution in [2.75, 3.05) is 6.61 Å². The van der Waals surface area contributed by atoms with E-state index in [1.54, 1.807) is 80.7 Å². The molecule has 0 spiro atoms. The van der Waals surface area contributed by atoms with Gasteiger partial charge in [0.1, 0.15) is 30.8 Å². The van der Waals surface area contributed by atoms with Crippen molar-refractivity contribution in [3.05, 3.63) is 97.7 Å². The lowest BCUT2D eigenvalue weighted by molar-refractivity contribution is -0.309. The second-order valence-electron chi connectivity index (χ2n) is 18.5. The normalized spacial score (nSPS) is 42.4. The average Bonchev–Trinajstić information content (AvgIpc) is 3.28. The number of aliphatic hydroxyl groups excluding tert-OH is 9. The van der Waals surface area contributed by atoms with Gasteiger partial charge in [0.15, 0.2) is 12.1 Å². The summed E-state index contributed by atoms with van der Waals surface area (Å²) >= 11 is 0. The summed E-state index contributed by atoms with van der Waals surface area (Å²) in [7, 11) is 0. The standard InChI is InChI=1S/C51H77NO19/c1-6-23-67-50(65)52-44-46(61)33(5)69-49(47(44)62)70-37-20-18-16-14-12-10-8-7-9-11-13-15-17-19-30(2)45(60)31(3)32(4)68-42(59)26-35(54)24-34(53)21-22-38(56)39(57)25-36(55)28-51(66)29-40(58)43(48(63)64)41(27-37)71-51/h6-20,30-41,43-47,49,53-58,60-62,66H,1,21-29H2,2-5H3,(H,52,65)(H,63,64)/b8-7+,11-9+,12-10+,15-13+,16-14+,19-17+,20-18+. The zero-order chi connectivity index (χ0) is 52.8. The molecule has 0 aromatic rings. The van der Waals surface area contributed by atoms with Crippen LogP contribution in [0.4, 0.5) is 4.79 Å². The maximum absolute atomic E-state index is 12.7. The number of hydrogen-bond donors (Lipinski definition) is 12. The van der Waals surface area contributed by atoms with E-state index in [1.807, 2.05) is 13.0 Å². The quantitative estimate of drug-likeness (QED) is 0.133. The highest BCUT2D eigenvalue weighted by Crippen LogP contribution is 2.38. The third-order valence-electron chi connectivity index (χ3n) is 12.6. The molecule has 3 aliphatic rings. The van der Waals surface area contributed by atoms with Gasteiger partial charge in [0.25, 0.3) is 0 Å². The molecule has 19 atom stereocenters. The topological polar surface area (TPSA) is 332 Å². The smallest absolute Gasteiger partial charge is 0.407 e. The molecule has 1 amide bonds. The van der Waals surface area contributed by atoms with Crippen LogP contribution in [-0.2, 0) is 33.3 Å². The summed E-state index contributed by atoms with van der Waals surface area (Å²) < 4.78 is 28.3. The first-order valence-electron chi connectivity index (χ1n) is 24.0. The first-order valence-corrected chi connectivity index (χ1v) is 24.0. The van der Waals surface area contributed by atoms with Gasteiger partial charge in [0, 0.05) is 37.5 Å². The Balaban J connectivity index is 1.91. The zero-order valence-electron chi connectivity index (χ0n) is 40.8. The van der Waals surface area contributed by atoms with Crippen LogP contribution in [0, 0.1) is 17.8 Å². The van der Waals surface area contributed by atoms with Crippen molar-refractivity contribution in [2.24, 2.45) is 17.8 Å². The monoisotopic (exact) mass is 1010 g/mol. The van der Waals surface area contributed by atoms with E-state index in [4.69, 9.17) is 23.7 Å². The molecule has 0 aromatic carbocycles. The summed E-state index contributed by atoms with van der Waals surface area (Å²) in [5.41, 5.74) is 0. The third-order valence-corrected chi connectivity index (χ3v) is 12.6. The number of nitrogens with one attached hydrogen (secondary N) is 1. The van der Waals surface area contributed by atoms with Crippen LogP contribution in [0.2, 0.25) is 0 Å². The Kier molecular flexibility index (Phi) is 26.3. The van der Waals surface area contributed by atoms with Crippen molar-refractivity contribution in [2.45, 2.75) is 177 Å². The molecule has 20 heteroatoms. The number of carboxylic acids is 1. The Morgan fingerprint density at radius 1 is 0.718 bits per heavy atom. The predicted molar refractivity (Wildman–Crippen MR) is 257 cm³/mol. The first kappa shape index (κ1) is 60.9. The van der Waals surface area contributed by atoms with Gasteiger partial charge in [-0.25, -0.2) is 4.79 Å². The lowest BCUT2D eigenvalue weighted by atomic mass is 9.82. The second-order valence-corrected chi connectivity index (χ2v) is 18.5. The highest BCUT2D eigenvalue weighted by atomic mass is 16.7. The van der Waals surface area contributed by atoms with Crippen molar-refractivity contribution in [3.63, 3.8) is 0 Å². The van der Waals surface area contributed by atoms with Gasteiger partial charge in [0.05, 0.1) is 73.5 Å². The van der Waals surface area contributed by atoms with Gasteiger partial charge in [-0.3, -0.25) is 9.59 Å². The Bertz CT molecular complexity index is 1870. The molecular formula is C51H77NO19. The maximum Gasteiger partial charge on any atom is 0.407 e. The summed E-state index contributed by atoms with van der Waals surface area (Å²) in [5, 5.41) is 122. The predicted octanol–water partition coefficient (Wildman–Crippen LogP) is 1.67. The fourth-order valence-corrected chi connectivity index (χ4v) is 8.42.